The molecule has 0 spiro atoms. The van der Waals surface area contributed by atoms with Crippen LogP contribution in [0.2, 0.25) is 0 Å². The number of benzene rings is 2. The van der Waals surface area contributed by atoms with E-state index < -0.39 is 9.84 Å². The number of hydrogen-bond acceptors (Lipinski definition) is 3. The third kappa shape index (κ3) is 3.29. The number of fused-ring (bicyclic) bond motifs is 1. The van der Waals surface area contributed by atoms with Crippen LogP contribution in [0.3, 0.4) is 0 Å². The van der Waals surface area contributed by atoms with Crippen molar-refractivity contribution in [3.05, 3.63) is 60.8 Å². The highest BCUT2D eigenvalue weighted by Crippen LogP contribution is 2.30. The fourth-order valence-corrected chi connectivity index (χ4v) is 5.27. The lowest BCUT2D eigenvalue weighted by Crippen LogP contribution is -2.32. The molecule has 0 amide bonds. The summed E-state index contributed by atoms with van der Waals surface area (Å²) in [5, 5.41) is 0.801. The average Bonchev–Trinajstić information content (AvgIpc) is 3.07. The lowest BCUT2D eigenvalue weighted by molar-refractivity contribution is 0.221. The van der Waals surface area contributed by atoms with Crippen LogP contribution in [0.15, 0.2) is 70.6 Å². The van der Waals surface area contributed by atoms with Crippen LogP contribution in [0, 0.1) is 0 Å². The van der Waals surface area contributed by atoms with Gasteiger partial charge in [-0.15, -0.1) is 0 Å². The van der Waals surface area contributed by atoms with E-state index in [1.54, 1.807) is 24.3 Å². The highest BCUT2D eigenvalue weighted by Gasteiger charge is 2.23. The van der Waals surface area contributed by atoms with Crippen molar-refractivity contribution in [1.29, 1.82) is 0 Å². The molecule has 4 nitrogen and oxygen atoms in total. The predicted molar refractivity (Wildman–Crippen MR) is 104 cm³/mol. The fourth-order valence-electron chi connectivity index (χ4n) is 3.77. The zero-order valence-electron chi connectivity index (χ0n) is 14.8. The van der Waals surface area contributed by atoms with Crippen molar-refractivity contribution < 1.29 is 8.42 Å². The molecule has 0 bridgehead atoms. The summed E-state index contributed by atoms with van der Waals surface area (Å²) in [6.45, 7) is 4.07. The van der Waals surface area contributed by atoms with E-state index in [1.807, 2.05) is 36.5 Å². The standard InChI is InChI=1S/C21H24N2O2S/c24-26(25,18-9-3-1-4-10-18)21-17-23(20-12-6-5-11-19(20)21)16-15-22-13-7-2-8-14-22/h1,3-6,9-12,17H,2,7-8,13-16H2. The molecule has 1 saturated heterocycles. The largest absolute Gasteiger partial charge is 0.345 e. The van der Waals surface area contributed by atoms with E-state index >= 15 is 0 Å². The number of sulfone groups is 1. The molecule has 0 unspecified atom stereocenters. The Morgan fingerprint density at radius 1 is 0.808 bits per heavy atom. The molecule has 0 radical (unpaired) electrons. The summed E-state index contributed by atoms with van der Waals surface area (Å²) >= 11 is 0. The van der Waals surface area contributed by atoms with E-state index in [9.17, 15) is 8.42 Å². The van der Waals surface area contributed by atoms with Gasteiger partial charge in [0.1, 0.15) is 0 Å². The van der Waals surface area contributed by atoms with Crippen LogP contribution in [0.5, 0.6) is 0 Å². The predicted octanol–water partition coefficient (Wildman–Crippen LogP) is 3.96. The van der Waals surface area contributed by atoms with Gasteiger partial charge in [-0.2, -0.15) is 0 Å². The number of hydrogen-bond donors (Lipinski definition) is 0. The molecular weight excluding hydrogens is 344 g/mol. The van der Waals surface area contributed by atoms with Crippen molar-refractivity contribution >= 4 is 20.7 Å². The quantitative estimate of drug-likeness (QED) is 0.685. The first kappa shape index (κ1) is 17.3. The third-order valence-electron chi connectivity index (χ3n) is 5.20. The van der Waals surface area contributed by atoms with E-state index in [2.05, 4.69) is 9.47 Å². The van der Waals surface area contributed by atoms with Crippen molar-refractivity contribution in [2.75, 3.05) is 19.6 Å². The molecule has 0 saturated carbocycles. The summed E-state index contributed by atoms with van der Waals surface area (Å²) in [6, 6.07) is 16.5. The number of piperidine rings is 1. The van der Waals surface area contributed by atoms with E-state index in [0.29, 0.717) is 9.79 Å². The molecule has 2 aromatic carbocycles. The van der Waals surface area contributed by atoms with E-state index in [-0.39, 0.29) is 0 Å². The Hall–Kier alpha value is -2.11. The molecule has 26 heavy (non-hydrogen) atoms. The lowest BCUT2D eigenvalue weighted by atomic mass is 10.1. The first-order valence-electron chi connectivity index (χ1n) is 9.27. The Balaban J connectivity index is 1.70. The molecule has 1 aliphatic heterocycles. The smallest absolute Gasteiger partial charge is 0.208 e. The minimum absolute atomic E-state index is 0.346. The van der Waals surface area contributed by atoms with Gasteiger partial charge in [0.15, 0.2) is 0 Å². The van der Waals surface area contributed by atoms with Gasteiger partial charge in [0.25, 0.3) is 0 Å². The van der Waals surface area contributed by atoms with Gasteiger partial charge in [-0.1, -0.05) is 42.8 Å². The van der Waals surface area contributed by atoms with Crippen molar-refractivity contribution in [2.45, 2.75) is 35.6 Å². The van der Waals surface area contributed by atoms with Crippen LogP contribution in [-0.2, 0) is 16.4 Å². The molecule has 5 heteroatoms. The molecule has 4 rings (SSSR count). The maximum atomic E-state index is 13.1. The molecule has 1 aromatic heterocycles. The minimum Gasteiger partial charge on any atom is -0.345 e. The van der Waals surface area contributed by atoms with E-state index in [1.165, 1.54) is 19.3 Å². The van der Waals surface area contributed by atoms with Crippen molar-refractivity contribution in [1.82, 2.24) is 9.47 Å². The summed E-state index contributed by atoms with van der Waals surface area (Å²) in [6.07, 6.45) is 5.67. The van der Waals surface area contributed by atoms with Crippen LogP contribution >= 0.6 is 0 Å². The van der Waals surface area contributed by atoms with Gasteiger partial charge in [-0.3, -0.25) is 0 Å². The topological polar surface area (TPSA) is 42.3 Å². The summed E-state index contributed by atoms with van der Waals surface area (Å²) < 4.78 is 28.4. The Labute approximate surface area is 155 Å². The maximum Gasteiger partial charge on any atom is 0.208 e. The summed E-state index contributed by atoms with van der Waals surface area (Å²) in [4.78, 5) is 3.22. The fraction of sp³-hybridized carbons (Fsp3) is 0.333. The Bertz CT molecular complexity index is 987. The Morgan fingerprint density at radius 3 is 2.27 bits per heavy atom. The van der Waals surface area contributed by atoms with E-state index in [4.69, 9.17) is 0 Å². The molecule has 0 atom stereocenters. The number of aromatic nitrogens is 1. The van der Waals surface area contributed by atoms with Crippen molar-refractivity contribution in [2.24, 2.45) is 0 Å². The van der Waals surface area contributed by atoms with Gasteiger partial charge >= 0.3 is 0 Å². The maximum absolute atomic E-state index is 13.1. The highest BCUT2D eigenvalue weighted by molar-refractivity contribution is 7.91. The molecule has 0 aliphatic carbocycles. The van der Waals surface area contributed by atoms with Crippen LogP contribution in [0.4, 0.5) is 0 Å². The van der Waals surface area contributed by atoms with Crippen LogP contribution < -0.4 is 0 Å². The third-order valence-corrected chi connectivity index (χ3v) is 7.00. The second-order valence-electron chi connectivity index (χ2n) is 6.92. The first-order chi connectivity index (χ1) is 12.7. The molecule has 2 heterocycles. The number of likely N-dealkylation sites (tertiary alicyclic amines) is 1. The van der Waals surface area contributed by atoms with Crippen molar-refractivity contribution in [3.63, 3.8) is 0 Å². The molecule has 1 aliphatic rings. The zero-order chi connectivity index (χ0) is 18.0. The molecule has 0 N–H and O–H groups in total. The summed E-state index contributed by atoms with van der Waals surface area (Å²) in [5.41, 5.74) is 0.985. The Kier molecular flexibility index (Phi) is 4.83. The first-order valence-corrected chi connectivity index (χ1v) is 10.7. The van der Waals surface area contributed by atoms with Gasteiger partial charge < -0.3 is 9.47 Å². The molecule has 3 aromatic rings. The number of nitrogens with zero attached hydrogens (tertiary/aromatic N) is 2. The Morgan fingerprint density at radius 2 is 1.50 bits per heavy atom. The molecule has 136 valence electrons. The van der Waals surface area contributed by atoms with Gasteiger partial charge in [0.2, 0.25) is 9.84 Å². The highest BCUT2D eigenvalue weighted by atomic mass is 32.2. The van der Waals surface area contributed by atoms with E-state index in [0.717, 1.165) is 37.1 Å². The average molecular weight is 369 g/mol. The molecule has 1 fully saturated rings. The monoisotopic (exact) mass is 368 g/mol. The van der Waals surface area contributed by atoms with Gasteiger partial charge in [0.05, 0.1) is 9.79 Å². The normalized spacial score (nSPS) is 16.2. The SMILES string of the molecule is O=S(=O)(c1ccccc1)c1cn(CCN2CCCCC2)c2ccccc12. The summed E-state index contributed by atoms with van der Waals surface area (Å²) in [5.74, 6) is 0. The number of rotatable bonds is 5. The van der Waals surface area contributed by atoms with Gasteiger partial charge in [0, 0.05) is 30.2 Å². The van der Waals surface area contributed by atoms with Crippen LogP contribution in [0.25, 0.3) is 10.9 Å². The van der Waals surface area contributed by atoms with Crippen LogP contribution in [-0.4, -0.2) is 37.5 Å². The van der Waals surface area contributed by atoms with Crippen LogP contribution in [0.1, 0.15) is 19.3 Å². The molecular formula is C21H24N2O2S. The zero-order valence-corrected chi connectivity index (χ0v) is 15.7. The second kappa shape index (κ2) is 7.25. The summed E-state index contributed by atoms with van der Waals surface area (Å²) in [7, 11) is -3.52. The number of para-hydroxylation sites is 1. The lowest BCUT2D eigenvalue weighted by Gasteiger charge is -2.26. The minimum atomic E-state index is -3.52. The van der Waals surface area contributed by atoms with Crippen molar-refractivity contribution in [3.8, 4) is 0 Å². The van der Waals surface area contributed by atoms with Gasteiger partial charge in [-0.25, -0.2) is 8.42 Å². The second-order valence-corrected chi connectivity index (χ2v) is 8.84. The van der Waals surface area contributed by atoms with Gasteiger partial charge in [-0.05, 0) is 44.1 Å².